The minimum absolute atomic E-state index is 0.00147. The van der Waals surface area contributed by atoms with Gasteiger partial charge in [-0.05, 0) is 74.5 Å². The molecule has 6 rings (SSSR count). The summed E-state index contributed by atoms with van der Waals surface area (Å²) in [5.74, 6) is 2.81. The zero-order chi connectivity index (χ0) is 16.3. The lowest BCUT2D eigenvalue weighted by Gasteiger charge is -2.56. The van der Waals surface area contributed by atoms with Gasteiger partial charge in [0.25, 0.3) is 11.8 Å². The number of hydrogen-bond acceptors (Lipinski definition) is 3. The molecule has 0 atom stereocenters. The van der Waals surface area contributed by atoms with Crippen LogP contribution in [0.25, 0.3) is 0 Å². The highest BCUT2D eigenvalue weighted by atomic mass is 16.5. The molecule has 0 aromatic heterocycles. The second-order valence-electron chi connectivity index (χ2n) is 8.20. The van der Waals surface area contributed by atoms with Crippen LogP contribution < -0.4 is 15.4 Å². The normalized spacial score (nSPS) is 35.8. The Bertz CT molecular complexity index is 692. The SMILES string of the molecule is O=C1COc2ccc(C(=O)NC34CC5CC(CC(C5)C3)C4)cc2N1. The number of benzene rings is 1. The molecule has 1 aromatic rings. The van der Waals surface area contributed by atoms with Crippen molar-refractivity contribution < 1.29 is 14.3 Å². The molecule has 5 aliphatic rings. The molecular formula is C19H22N2O3. The molecule has 0 unspecified atom stereocenters. The van der Waals surface area contributed by atoms with Gasteiger partial charge >= 0.3 is 0 Å². The number of anilines is 1. The highest BCUT2D eigenvalue weighted by molar-refractivity contribution is 6.00. The highest BCUT2D eigenvalue weighted by Gasteiger charge is 2.51. The number of rotatable bonds is 2. The lowest BCUT2D eigenvalue weighted by molar-refractivity contribution is -0.118. The molecule has 5 heteroatoms. The summed E-state index contributed by atoms with van der Waals surface area (Å²) in [6, 6.07) is 5.28. The number of amides is 2. The number of hydrogen-bond donors (Lipinski definition) is 2. The minimum Gasteiger partial charge on any atom is -0.482 e. The van der Waals surface area contributed by atoms with Gasteiger partial charge in [0.1, 0.15) is 5.75 Å². The summed E-state index contributed by atoms with van der Waals surface area (Å²) in [4.78, 5) is 24.3. The maximum atomic E-state index is 12.8. The van der Waals surface area contributed by atoms with Crippen molar-refractivity contribution in [2.45, 2.75) is 44.1 Å². The van der Waals surface area contributed by atoms with Gasteiger partial charge in [-0.15, -0.1) is 0 Å². The van der Waals surface area contributed by atoms with E-state index in [1.165, 1.54) is 19.3 Å². The molecule has 5 nitrogen and oxygen atoms in total. The third-order valence-electron chi connectivity index (χ3n) is 6.29. The van der Waals surface area contributed by atoms with Gasteiger partial charge in [0.2, 0.25) is 0 Å². The third kappa shape index (κ3) is 2.29. The quantitative estimate of drug-likeness (QED) is 0.878. The molecule has 4 saturated carbocycles. The first-order valence-corrected chi connectivity index (χ1v) is 8.98. The van der Waals surface area contributed by atoms with Crippen LogP contribution in [0, 0.1) is 17.8 Å². The van der Waals surface area contributed by atoms with E-state index < -0.39 is 0 Å². The van der Waals surface area contributed by atoms with Crippen LogP contribution in [0.15, 0.2) is 18.2 Å². The molecule has 4 bridgehead atoms. The number of carbonyl (C=O) groups excluding carboxylic acids is 2. The van der Waals surface area contributed by atoms with Crippen LogP contribution >= 0.6 is 0 Å². The maximum absolute atomic E-state index is 12.8. The van der Waals surface area contributed by atoms with Crippen molar-refractivity contribution in [3.63, 3.8) is 0 Å². The van der Waals surface area contributed by atoms with Gasteiger partial charge in [0.05, 0.1) is 5.69 Å². The summed E-state index contributed by atoms with van der Waals surface area (Å²) in [7, 11) is 0. The molecule has 126 valence electrons. The standard InChI is InChI=1S/C19H22N2O3/c22-17-10-24-16-2-1-14(6-15(16)20-17)18(23)21-19-7-11-3-12(8-19)5-13(4-11)9-19/h1-2,6,11-13H,3-5,7-10H2,(H,20,22)(H,21,23). The molecule has 1 heterocycles. The van der Waals surface area contributed by atoms with Crippen LogP contribution in [0.3, 0.4) is 0 Å². The minimum atomic E-state index is -0.179. The molecule has 1 aromatic carbocycles. The summed E-state index contributed by atoms with van der Waals surface area (Å²) < 4.78 is 5.36. The Hall–Kier alpha value is -2.04. The van der Waals surface area contributed by atoms with E-state index in [4.69, 9.17) is 4.74 Å². The lowest BCUT2D eigenvalue weighted by atomic mass is 9.53. The molecule has 0 spiro atoms. The topological polar surface area (TPSA) is 67.4 Å². The zero-order valence-electron chi connectivity index (χ0n) is 13.6. The molecule has 4 fully saturated rings. The van der Waals surface area contributed by atoms with Crippen LogP contribution in [0.2, 0.25) is 0 Å². The monoisotopic (exact) mass is 326 g/mol. The first-order chi connectivity index (χ1) is 11.6. The summed E-state index contributed by atoms with van der Waals surface area (Å²) in [6.07, 6.45) is 7.48. The van der Waals surface area contributed by atoms with Crippen molar-refractivity contribution >= 4 is 17.5 Å². The van der Waals surface area contributed by atoms with Gasteiger partial charge in [-0.25, -0.2) is 0 Å². The first kappa shape index (κ1) is 14.3. The zero-order valence-corrected chi connectivity index (χ0v) is 13.6. The highest BCUT2D eigenvalue weighted by Crippen LogP contribution is 2.55. The van der Waals surface area contributed by atoms with Gasteiger partial charge in [-0.2, -0.15) is 0 Å². The molecule has 4 aliphatic carbocycles. The molecular weight excluding hydrogens is 304 g/mol. The maximum Gasteiger partial charge on any atom is 0.262 e. The number of carbonyl (C=O) groups is 2. The first-order valence-electron chi connectivity index (χ1n) is 8.98. The molecule has 2 N–H and O–H groups in total. The summed E-state index contributed by atoms with van der Waals surface area (Å²) >= 11 is 0. The largest absolute Gasteiger partial charge is 0.482 e. The van der Waals surface area contributed by atoms with E-state index in [-0.39, 0.29) is 24.0 Å². The predicted octanol–water partition coefficient (Wildman–Crippen LogP) is 2.72. The number of ether oxygens (including phenoxy) is 1. The fourth-order valence-electron chi connectivity index (χ4n) is 5.80. The Morgan fingerprint density at radius 3 is 2.46 bits per heavy atom. The van der Waals surface area contributed by atoms with E-state index in [1.807, 2.05) is 0 Å². The van der Waals surface area contributed by atoms with Crippen molar-refractivity contribution in [2.24, 2.45) is 17.8 Å². The van der Waals surface area contributed by atoms with E-state index in [9.17, 15) is 9.59 Å². The number of nitrogens with one attached hydrogen (secondary N) is 2. The van der Waals surface area contributed by atoms with Crippen LogP contribution in [-0.4, -0.2) is 24.0 Å². The van der Waals surface area contributed by atoms with Crippen LogP contribution in [0.4, 0.5) is 5.69 Å². The van der Waals surface area contributed by atoms with Gasteiger partial charge in [-0.1, -0.05) is 0 Å². The molecule has 2 amide bonds. The Morgan fingerprint density at radius 1 is 1.12 bits per heavy atom. The smallest absolute Gasteiger partial charge is 0.262 e. The van der Waals surface area contributed by atoms with E-state index in [2.05, 4.69) is 10.6 Å². The van der Waals surface area contributed by atoms with E-state index in [0.29, 0.717) is 17.0 Å². The Morgan fingerprint density at radius 2 is 1.79 bits per heavy atom. The van der Waals surface area contributed by atoms with Gasteiger partial charge < -0.3 is 15.4 Å². The molecule has 1 aliphatic heterocycles. The number of fused-ring (bicyclic) bond motifs is 1. The van der Waals surface area contributed by atoms with Crippen molar-refractivity contribution in [2.75, 3.05) is 11.9 Å². The fraction of sp³-hybridized carbons (Fsp3) is 0.579. The molecule has 0 radical (unpaired) electrons. The average molecular weight is 326 g/mol. The molecule has 0 saturated heterocycles. The second kappa shape index (κ2) is 4.98. The van der Waals surface area contributed by atoms with Gasteiger partial charge in [0, 0.05) is 11.1 Å². The van der Waals surface area contributed by atoms with Crippen LogP contribution in [0.5, 0.6) is 5.75 Å². The lowest BCUT2D eigenvalue weighted by Crippen LogP contribution is -2.59. The Balaban J connectivity index is 1.37. The van der Waals surface area contributed by atoms with E-state index in [0.717, 1.165) is 37.0 Å². The Kier molecular flexibility index (Phi) is 2.97. The van der Waals surface area contributed by atoms with Crippen LogP contribution in [-0.2, 0) is 4.79 Å². The van der Waals surface area contributed by atoms with E-state index in [1.54, 1.807) is 18.2 Å². The van der Waals surface area contributed by atoms with Crippen molar-refractivity contribution in [3.05, 3.63) is 23.8 Å². The summed E-state index contributed by atoms with van der Waals surface area (Å²) in [5, 5.41) is 6.14. The third-order valence-corrected chi connectivity index (χ3v) is 6.29. The summed E-state index contributed by atoms with van der Waals surface area (Å²) in [5.41, 5.74) is 1.18. The fourth-order valence-corrected chi connectivity index (χ4v) is 5.80. The van der Waals surface area contributed by atoms with Crippen molar-refractivity contribution in [1.82, 2.24) is 5.32 Å². The average Bonchev–Trinajstić information content (AvgIpc) is 2.52. The predicted molar refractivity (Wildman–Crippen MR) is 88.9 cm³/mol. The van der Waals surface area contributed by atoms with E-state index >= 15 is 0 Å². The molecule has 24 heavy (non-hydrogen) atoms. The summed E-state index contributed by atoms with van der Waals surface area (Å²) in [6.45, 7) is 0.0336. The van der Waals surface area contributed by atoms with Crippen molar-refractivity contribution in [3.8, 4) is 5.75 Å². The van der Waals surface area contributed by atoms with Crippen molar-refractivity contribution in [1.29, 1.82) is 0 Å². The van der Waals surface area contributed by atoms with Gasteiger partial charge in [-0.3, -0.25) is 9.59 Å². The Labute approximate surface area is 141 Å². The second-order valence-corrected chi connectivity index (χ2v) is 8.20. The van der Waals surface area contributed by atoms with Crippen LogP contribution in [0.1, 0.15) is 48.9 Å². The van der Waals surface area contributed by atoms with Gasteiger partial charge in [0.15, 0.2) is 6.61 Å².